The molecule has 3 rings (SSSR count). The molecule has 1 aromatic rings. The fraction of sp³-hybridized carbons (Fsp3) is 0.600. The smallest absolute Gasteiger partial charge is 0.229 e. The summed E-state index contributed by atoms with van der Waals surface area (Å²) < 4.78 is 75.5. The lowest BCUT2D eigenvalue weighted by Crippen LogP contribution is -2.48. The minimum Gasteiger partial charge on any atom is -0.229 e. The molecule has 11 heteroatoms. The first kappa shape index (κ1) is 20.1. The summed E-state index contributed by atoms with van der Waals surface area (Å²) in [6, 6.07) is 2.94. The van der Waals surface area contributed by atoms with E-state index in [1.165, 1.54) is 6.07 Å². The van der Waals surface area contributed by atoms with Crippen molar-refractivity contribution in [3.05, 3.63) is 28.8 Å². The van der Waals surface area contributed by atoms with Gasteiger partial charge in [-0.3, -0.25) is 0 Å². The van der Waals surface area contributed by atoms with Gasteiger partial charge < -0.3 is 0 Å². The summed E-state index contributed by atoms with van der Waals surface area (Å²) in [4.78, 5) is -0.0152. The van der Waals surface area contributed by atoms with Crippen LogP contribution in [0.15, 0.2) is 23.1 Å². The molecule has 0 unspecified atom stereocenters. The Morgan fingerprint density at radius 3 is 1.92 bits per heavy atom. The second-order valence-corrected chi connectivity index (χ2v) is 13.6. The summed E-state index contributed by atoms with van der Waals surface area (Å²) >= 11 is 5.96. The third-order valence-corrected chi connectivity index (χ3v) is 10.7. The third kappa shape index (κ3) is 3.94. The van der Waals surface area contributed by atoms with Crippen LogP contribution in [0.1, 0.15) is 18.4 Å². The first-order valence-electron chi connectivity index (χ1n) is 8.12. The van der Waals surface area contributed by atoms with Gasteiger partial charge in [-0.2, -0.15) is 4.31 Å². The number of benzene rings is 1. The monoisotopic (exact) mass is 441 g/mol. The summed E-state index contributed by atoms with van der Waals surface area (Å²) in [7, 11) is -10.8. The van der Waals surface area contributed by atoms with Crippen LogP contribution in [0, 0.1) is 6.92 Å². The Kier molecular flexibility index (Phi) is 5.20. The van der Waals surface area contributed by atoms with Crippen LogP contribution in [0.3, 0.4) is 0 Å². The molecule has 2 aliphatic rings. The molecule has 7 nitrogen and oxygen atoms in total. The standard InChI is InChI=1S/C15H20ClNO6S3/c1-11-2-3-12(16)8-15(11)26(22,23)17(13-4-6-24(18,19)9-13)14-5-7-25(20,21)10-14/h2-3,8,13-14H,4-7,9-10H2,1H3/t13-,14+. The molecule has 2 fully saturated rings. The van der Waals surface area contributed by atoms with E-state index in [9.17, 15) is 25.3 Å². The molecule has 1 aromatic carbocycles. The van der Waals surface area contributed by atoms with E-state index in [-0.39, 0.29) is 45.8 Å². The zero-order valence-electron chi connectivity index (χ0n) is 14.1. The van der Waals surface area contributed by atoms with Gasteiger partial charge in [0.05, 0.1) is 27.9 Å². The Hall–Kier alpha value is -0.680. The van der Waals surface area contributed by atoms with Crippen molar-refractivity contribution >= 4 is 41.3 Å². The van der Waals surface area contributed by atoms with Crippen LogP contribution in [0.5, 0.6) is 0 Å². The van der Waals surface area contributed by atoms with E-state index in [1.807, 2.05) is 0 Å². The Labute approximate surface area is 159 Å². The molecule has 0 bridgehead atoms. The topological polar surface area (TPSA) is 106 Å². The van der Waals surface area contributed by atoms with Gasteiger partial charge in [0.2, 0.25) is 10.0 Å². The minimum absolute atomic E-state index is 0.0152. The van der Waals surface area contributed by atoms with Gasteiger partial charge in [-0.25, -0.2) is 25.3 Å². The van der Waals surface area contributed by atoms with Crippen molar-refractivity contribution in [3.8, 4) is 0 Å². The number of hydrogen-bond donors (Lipinski definition) is 0. The zero-order valence-corrected chi connectivity index (χ0v) is 17.3. The lowest BCUT2D eigenvalue weighted by molar-refractivity contribution is 0.280. The Morgan fingerprint density at radius 1 is 1.00 bits per heavy atom. The van der Waals surface area contributed by atoms with E-state index < -0.39 is 41.8 Å². The number of sulfone groups is 2. The molecule has 0 radical (unpaired) electrons. The summed E-state index contributed by atoms with van der Waals surface area (Å²) in [6.45, 7) is 1.62. The van der Waals surface area contributed by atoms with Crippen LogP contribution in [0.4, 0.5) is 0 Å². The van der Waals surface area contributed by atoms with E-state index in [4.69, 9.17) is 11.6 Å². The highest BCUT2D eigenvalue weighted by molar-refractivity contribution is 7.92. The highest BCUT2D eigenvalue weighted by atomic mass is 35.5. The molecule has 2 saturated heterocycles. The van der Waals surface area contributed by atoms with Crippen molar-refractivity contribution in [1.29, 1.82) is 0 Å². The summed E-state index contributed by atoms with van der Waals surface area (Å²) in [5, 5.41) is 0.243. The summed E-state index contributed by atoms with van der Waals surface area (Å²) in [5.74, 6) is -0.778. The fourth-order valence-electron chi connectivity index (χ4n) is 3.61. The quantitative estimate of drug-likeness (QED) is 0.690. The van der Waals surface area contributed by atoms with Crippen molar-refractivity contribution in [1.82, 2.24) is 4.31 Å². The molecule has 0 N–H and O–H groups in total. The first-order valence-corrected chi connectivity index (χ1v) is 13.6. The van der Waals surface area contributed by atoms with E-state index in [2.05, 4.69) is 0 Å². The fourth-order valence-corrected chi connectivity index (χ4v) is 9.58. The van der Waals surface area contributed by atoms with Crippen LogP contribution in [-0.4, -0.2) is 64.7 Å². The summed E-state index contributed by atoms with van der Waals surface area (Å²) in [6.07, 6.45) is 0.329. The van der Waals surface area contributed by atoms with Crippen LogP contribution in [-0.2, 0) is 29.7 Å². The van der Waals surface area contributed by atoms with E-state index in [0.717, 1.165) is 4.31 Å². The highest BCUT2D eigenvalue weighted by Gasteiger charge is 2.46. The van der Waals surface area contributed by atoms with Crippen molar-refractivity contribution in [3.63, 3.8) is 0 Å². The first-order chi connectivity index (χ1) is 11.9. The van der Waals surface area contributed by atoms with E-state index in [0.29, 0.717) is 5.56 Å². The minimum atomic E-state index is -4.10. The van der Waals surface area contributed by atoms with Gasteiger partial charge in [0.1, 0.15) is 0 Å². The van der Waals surface area contributed by atoms with Crippen LogP contribution in [0.25, 0.3) is 0 Å². The lowest BCUT2D eigenvalue weighted by atomic mass is 10.2. The van der Waals surface area contributed by atoms with Gasteiger partial charge >= 0.3 is 0 Å². The second-order valence-electron chi connectivity index (χ2n) is 6.86. The maximum absolute atomic E-state index is 13.4. The van der Waals surface area contributed by atoms with Crippen molar-refractivity contribution in [2.75, 3.05) is 23.0 Å². The number of hydrogen-bond acceptors (Lipinski definition) is 6. The largest absolute Gasteiger partial charge is 0.243 e. The maximum Gasteiger partial charge on any atom is 0.243 e. The normalized spacial score (nSPS) is 27.8. The van der Waals surface area contributed by atoms with Gasteiger partial charge in [0, 0.05) is 17.1 Å². The second kappa shape index (κ2) is 6.73. The van der Waals surface area contributed by atoms with E-state index in [1.54, 1.807) is 19.1 Å². The molecule has 146 valence electrons. The molecule has 2 atom stereocenters. The number of aryl methyl sites for hydroxylation is 1. The predicted molar refractivity (Wildman–Crippen MR) is 99.3 cm³/mol. The van der Waals surface area contributed by atoms with Gasteiger partial charge in [-0.15, -0.1) is 0 Å². The molecule has 2 heterocycles. The molecule has 2 aliphatic heterocycles. The lowest BCUT2D eigenvalue weighted by Gasteiger charge is -2.32. The average molecular weight is 442 g/mol. The van der Waals surface area contributed by atoms with Crippen LogP contribution >= 0.6 is 11.6 Å². The molecule has 0 spiro atoms. The van der Waals surface area contributed by atoms with Gasteiger partial charge in [-0.1, -0.05) is 17.7 Å². The van der Waals surface area contributed by atoms with E-state index >= 15 is 0 Å². The molecular weight excluding hydrogens is 422 g/mol. The number of nitrogens with zero attached hydrogens (tertiary/aromatic N) is 1. The molecular formula is C15H20ClNO6S3. The highest BCUT2D eigenvalue weighted by Crippen LogP contribution is 2.33. The molecule has 0 saturated carbocycles. The Bertz CT molecular complexity index is 989. The number of halogens is 1. The van der Waals surface area contributed by atoms with Crippen LogP contribution in [0.2, 0.25) is 5.02 Å². The van der Waals surface area contributed by atoms with Crippen LogP contribution < -0.4 is 0 Å². The molecule has 0 aromatic heterocycles. The Balaban J connectivity index is 2.09. The number of sulfonamides is 1. The van der Waals surface area contributed by atoms with Crippen molar-refractivity contribution in [2.24, 2.45) is 0 Å². The van der Waals surface area contributed by atoms with Crippen molar-refractivity contribution in [2.45, 2.75) is 36.7 Å². The van der Waals surface area contributed by atoms with Gasteiger partial charge in [0.25, 0.3) is 0 Å². The zero-order chi connectivity index (χ0) is 19.3. The SMILES string of the molecule is Cc1ccc(Cl)cc1S(=O)(=O)N([C@@H]1CCS(=O)(=O)C1)[C@H]1CCS(=O)(=O)C1. The maximum atomic E-state index is 13.4. The third-order valence-electron chi connectivity index (χ3n) is 4.84. The molecule has 26 heavy (non-hydrogen) atoms. The molecule has 0 amide bonds. The van der Waals surface area contributed by atoms with Gasteiger partial charge in [-0.05, 0) is 37.5 Å². The average Bonchev–Trinajstić information content (AvgIpc) is 3.03. The summed E-state index contributed by atoms with van der Waals surface area (Å²) in [5.41, 5.74) is 0.473. The predicted octanol–water partition coefficient (Wildman–Crippen LogP) is 1.01. The molecule has 0 aliphatic carbocycles. The van der Waals surface area contributed by atoms with Crippen molar-refractivity contribution < 1.29 is 25.3 Å². The Morgan fingerprint density at radius 2 is 1.50 bits per heavy atom. The number of rotatable bonds is 4. The van der Waals surface area contributed by atoms with Gasteiger partial charge in [0.15, 0.2) is 19.7 Å².